The first-order chi connectivity index (χ1) is 9.11. The molecule has 0 saturated carbocycles. The van der Waals surface area contributed by atoms with Gasteiger partial charge in [0.25, 0.3) is 0 Å². The predicted molar refractivity (Wildman–Crippen MR) is 80.5 cm³/mol. The van der Waals surface area contributed by atoms with Crippen molar-refractivity contribution in [1.29, 1.82) is 0 Å². The molecule has 0 aliphatic carbocycles. The van der Waals surface area contributed by atoms with Crippen molar-refractivity contribution in [3.05, 3.63) is 40.8 Å². The zero-order valence-corrected chi connectivity index (χ0v) is 12.3. The first kappa shape index (κ1) is 13.8. The lowest BCUT2D eigenvalue weighted by atomic mass is 9.98. The van der Waals surface area contributed by atoms with E-state index in [4.69, 9.17) is 0 Å². The van der Waals surface area contributed by atoms with Crippen LogP contribution in [0.4, 0.5) is 0 Å². The smallest absolute Gasteiger partial charge is 0.106 e. The second-order valence-electron chi connectivity index (χ2n) is 5.22. The van der Waals surface area contributed by atoms with Gasteiger partial charge >= 0.3 is 0 Å². The Labute approximate surface area is 115 Å². The van der Waals surface area contributed by atoms with Crippen LogP contribution in [0.1, 0.15) is 28.9 Å². The minimum atomic E-state index is 0.991. The van der Waals surface area contributed by atoms with Gasteiger partial charge in [-0.3, -0.25) is 0 Å². The molecule has 0 atom stereocenters. The van der Waals surface area contributed by atoms with Gasteiger partial charge in [0.1, 0.15) is 5.82 Å². The SMILES string of the molecule is CNCCCc1ncc(-c2c(C)cc(C)cc2C)[nH]1. The summed E-state index contributed by atoms with van der Waals surface area (Å²) in [5.74, 6) is 1.07. The number of benzene rings is 1. The van der Waals surface area contributed by atoms with Gasteiger partial charge in [0.2, 0.25) is 0 Å². The highest BCUT2D eigenvalue weighted by atomic mass is 14.9. The second-order valence-corrected chi connectivity index (χ2v) is 5.22. The fourth-order valence-electron chi connectivity index (χ4n) is 2.65. The molecule has 102 valence electrons. The first-order valence-electron chi connectivity index (χ1n) is 6.88. The number of nitrogens with one attached hydrogen (secondary N) is 2. The molecular formula is C16H23N3. The van der Waals surface area contributed by atoms with Gasteiger partial charge in [0.05, 0.1) is 11.9 Å². The molecule has 2 rings (SSSR count). The Morgan fingerprint density at radius 2 is 1.84 bits per heavy atom. The van der Waals surface area contributed by atoms with Gasteiger partial charge in [-0.15, -0.1) is 0 Å². The van der Waals surface area contributed by atoms with E-state index in [1.54, 1.807) is 0 Å². The van der Waals surface area contributed by atoms with E-state index in [2.05, 4.69) is 48.2 Å². The van der Waals surface area contributed by atoms with Gasteiger partial charge in [0, 0.05) is 12.0 Å². The van der Waals surface area contributed by atoms with Crippen molar-refractivity contribution >= 4 is 0 Å². The fourth-order valence-corrected chi connectivity index (χ4v) is 2.65. The quantitative estimate of drug-likeness (QED) is 0.808. The Balaban J connectivity index is 2.23. The van der Waals surface area contributed by atoms with Crippen molar-refractivity contribution in [2.24, 2.45) is 0 Å². The third kappa shape index (κ3) is 3.24. The van der Waals surface area contributed by atoms with Crippen LogP contribution < -0.4 is 5.32 Å². The maximum atomic E-state index is 4.49. The van der Waals surface area contributed by atoms with E-state index >= 15 is 0 Å². The molecule has 19 heavy (non-hydrogen) atoms. The Morgan fingerprint density at radius 1 is 1.16 bits per heavy atom. The van der Waals surface area contributed by atoms with Crippen molar-refractivity contribution in [2.45, 2.75) is 33.6 Å². The summed E-state index contributed by atoms with van der Waals surface area (Å²) in [4.78, 5) is 7.94. The molecule has 3 heteroatoms. The van der Waals surface area contributed by atoms with E-state index in [9.17, 15) is 0 Å². The summed E-state index contributed by atoms with van der Waals surface area (Å²) in [6, 6.07) is 4.45. The van der Waals surface area contributed by atoms with Crippen molar-refractivity contribution in [1.82, 2.24) is 15.3 Å². The molecule has 0 amide bonds. The van der Waals surface area contributed by atoms with E-state index in [0.29, 0.717) is 0 Å². The van der Waals surface area contributed by atoms with Crippen molar-refractivity contribution in [3.63, 3.8) is 0 Å². The molecule has 0 bridgehead atoms. The molecule has 3 nitrogen and oxygen atoms in total. The van der Waals surface area contributed by atoms with Crippen molar-refractivity contribution in [2.75, 3.05) is 13.6 Å². The van der Waals surface area contributed by atoms with Gasteiger partial charge in [0.15, 0.2) is 0 Å². The van der Waals surface area contributed by atoms with Crippen LogP contribution in [-0.2, 0) is 6.42 Å². The van der Waals surface area contributed by atoms with E-state index in [0.717, 1.165) is 30.9 Å². The summed E-state index contributed by atoms with van der Waals surface area (Å²) in [5.41, 5.74) is 6.35. The molecule has 1 heterocycles. The van der Waals surface area contributed by atoms with Crippen molar-refractivity contribution < 1.29 is 0 Å². The Kier molecular flexibility index (Phi) is 4.38. The van der Waals surface area contributed by atoms with Crippen LogP contribution in [0.15, 0.2) is 18.3 Å². The molecule has 0 radical (unpaired) electrons. The number of nitrogens with zero attached hydrogens (tertiary/aromatic N) is 1. The lowest BCUT2D eigenvalue weighted by molar-refractivity contribution is 0.707. The molecule has 2 aromatic rings. The molecule has 2 N–H and O–H groups in total. The normalized spacial score (nSPS) is 10.9. The number of aryl methyl sites for hydroxylation is 4. The maximum Gasteiger partial charge on any atom is 0.106 e. The third-order valence-electron chi connectivity index (χ3n) is 3.42. The molecule has 0 aliphatic heterocycles. The van der Waals surface area contributed by atoms with E-state index < -0.39 is 0 Å². The van der Waals surface area contributed by atoms with E-state index in [1.807, 2.05) is 13.2 Å². The van der Waals surface area contributed by atoms with Gasteiger partial charge < -0.3 is 10.3 Å². The summed E-state index contributed by atoms with van der Waals surface area (Å²) in [7, 11) is 1.98. The summed E-state index contributed by atoms with van der Waals surface area (Å²) in [6.45, 7) is 7.49. The van der Waals surface area contributed by atoms with Crippen LogP contribution in [0.3, 0.4) is 0 Å². The van der Waals surface area contributed by atoms with E-state index in [1.165, 1.54) is 22.3 Å². The molecule has 0 unspecified atom stereocenters. The second kappa shape index (κ2) is 6.02. The zero-order chi connectivity index (χ0) is 13.8. The topological polar surface area (TPSA) is 40.7 Å². The number of aromatic nitrogens is 2. The minimum absolute atomic E-state index is 0.991. The maximum absolute atomic E-state index is 4.49. The number of imidazole rings is 1. The minimum Gasteiger partial charge on any atom is -0.342 e. The van der Waals surface area contributed by atoms with E-state index in [-0.39, 0.29) is 0 Å². The zero-order valence-electron chi connectivity index (χ0n) is 12.3. The number of hydrogen-bond donors (Lipinski definition) is 2. The highest BCUT2D eigenvalue weighted by Crippen LogP contribution is 2.27. The number of rotatable bonds is 5. The Morgan fingerprint density at radius 3 is 2.47 bits per heavy atom. The Hall–Kier alpha value is -1.61. The van der Waals surface area contributed by atoms with Crippen LogP contribution >= 0.6 is 0 Å². The average molecular weight is 257 g/mol. The van der Waals surface area contributed by atoms with Crippen LogP contribution in [0.25, 0.3) is 11.3 Å². The van der Waals surface area contributed by atoms with Crippen molar-refractivity contribution in [3.8, 4) is 11.3 Å². The summed E-state index contributed by atoms with van der Waals surface area (Å²) < 4.78 is 0. The summed E-state index contributed by atoms with van der Waals surface area (Å²) in [5, 5.41) is 3.16. The number of hydrogen-bond acceptors (Lipinski definition) is 2. The first-order valence-corrected chi connectivity index (χ1v) is 6.88. The third-order valence-corrected chi connectivity index (χ3v) is 3.42. The van der Waals surface area contributed by atoms with Gasteiger partial charge in [-0.1, -0.05) is 17.7 Å². The summed E-state index contributed by atoms with van der Waals surface area (Å²) >= 11 is 0. The van der Waals surface area contributed by atoms with Gasteiger partial charge in [-0.25, -0.2) is 4.98 Å². The van der Waals surface area contributed by atoms with Gasteiger partial charge in [-0.05, 0) is 51.9 Å². The van der Waals surface area contributed by atoms with Crippen LogP contribution in [0, 0.1) is 20.8 Å². The highest BCUT2D eigenvalue weighted by Gasteiger charge is 2.09. The van der Waals surface area contributed by atoms with Crippen LogP contribution in [-0.4, -0.2) is 23.6 Å². The molecule has 1 aromatic carbocycles. The van der Waals surface area contributed by atoms with Gasteiger partial charge in [-0.2, -0.15) is 0 Å². The van der Waals surface area contributed by atoms with Crippen LogP contribution in [0.5, 0.6) is 0 Å². The fraction of sp³-hybridized carbons (Fsp3) is 0.438. The average Bonchev–Trinajstić information content (AvgIpc) is 2.76. The lowest BCUT2D eigenvalue weighted by Gasteiger charge is -2.09. The molecule has 0 spiro atoms. The monoisotopic (exact) mass is 257 g/mol. The summed E-state index contributed by atoms with van der Waals surface area (Å²) in [6.07, 6.45) is 4.06. The standard InChI is InChI=1S/C16H23N3/c1-11-8-12(2)16(13(3)9-11)14-10-18-15(19-14)6-5-7-17-4/h8-10,17H,5-7H2,1-4H3,(H,18,19). The largest absolute Gasteiger partial charge is 0.342 e. The predicted octanol–water partition coefficient (Wildman–Crippen LogP) is 3.15. The van der Waals surface area contributed by atoms with Crippen LogP contribution in [0.2, 0.25) is 0 Å². The highest BCUT2D eigenvalue weighted by molar-refractivity contribution is 5.67. The molecule has 0 aliphatic rings. The number of H-pyrrole nitrogens is 1. The Bertz CT molecular complexity index is 532. The molecule has 1 aromatic heterocycles. The molecular weight excluding hydrogens is 234 g/mol. The number of aromatic amines is 1. The molecule has 0 saturated heterocycles. The molecule has 0 fully saturated rings. The lowest BCUT2D eigenvalue weighted by Crippen LogP contribution is -2.08.